The Morgan fingerprint density at radius 3 is 2.66 bits per heavy atom. The number of hydrogen-bond donors (Lipinski definition) is 2. The highest BCUT2D eigenvalue weighted by atomic mass is 16.5. The minimum absolute atomic E-state index is 0.151. The van der Waals surface area contributed by atoms with Gasteiger partial charge < -0.3 is 19.9 Å². The average molecular weight is 471 g/mol. The SMILES string of the molecule is COc1cc(-c2nccc(-c3cc4n(n3)CCNC4=O)n2)ccc1OCc1ccc(C(=O)O)cc1. The molecule has 4 aromatic rings. The number of aromatic nitrogens is 4. The van der Waals surface area contributed by atoms with Gasteiger partial charge in [0.25, 0.3) is 5.91 Å². The molecule has 0 saturated heterocycles. The van der Waals surface area contributed by atoms with Crippen molar-refractivity contribution < 1.29 is 24.2 Å². The molecule has 0 saturated carbocycles. The lowest BCUT2D eigenvalue weighted by Gasteiger charge is -2.13. The van der Waals surface area contributed by atoms with Gasteiger partial charge in [-0.15, -0.1) is 0 Å². The summed E-state index contributed by atoms with van der Waals surface area (Å²) in [5, 5.41) is 16.3. The van der Waals surface area contributed by atoms with E-state index in [1.807, 2.05) is 6.07 Å². The highest BCUT2D eigenvalue weighted by molar-refractivity contribution is 5.94. The molecule has 1 aliphatic heterocycles. The molecule has 2 aromatic heterocycles. The van der Waals surface area contributed by atoms with Crippen LogP contribution in [0.2, 0.25) is 0 Å². The Bertz CT molecular complexity index is 1410. The Morgan fingerprint density at radius 1 is 1.09 bits per heavy atom. The number of hydrogen-bond acceptors (Lipinski definition) is 7. The van der Waals surface area contributed by atoms with Gasteiger partial charge in [0, 0.05) is 18.3 Å². The lowest BCUT2D eigenvalue weighted by atomic mass is 10.1. The van der Waals surface area contributed by atoms with Crippen LogP contribution in [0.1, 0.15) is 26.4 Å². The van der Waals surface area contributed by atoms with Gasteiger partial charge >= 0.3 is 5.97 Å². The van der Waals surface area contributed by atoms with Crippen LogP contribution in [0.4, 0.5) is 0 Å². The lowest BCUT2D eigenvalue weighted by molar-refractivity contribution is 0.0696. The van der Waals surface area contributed by atoms with E-state index in [-0.39, 0.29) is 18.1 Å². The smallest absolute Gasteiger partial charge is 0.335 e. The second-order valence-corrected chi connectivity index (χ2v) is 7.82. The fourth-order valence-corrected chi connectivity index (χ4v) is 3.73. The summed E-state index contributed by atoms with van der Waals surface area (Å²) in [4.78, 5) is 32.1. The summed E-state index contributed by atoms with van der Waals surface area (Å²) in [6.07, 6.45) is 1.65. The fraction of sp³-hybridized carbons (Fsp3) is 0.160. The van der Waals surface area contributed by atoms with Crippen LogP contribution in [-0.4, -0.2) is 50.4 Å². The number of carbonyl (C=O) groups is 2. The molecule has 0 fully saturated rings. The van der Waals surface area contributed by atoms with E-state index in [2.05, 4.69) is 20.4 Å². The first-order valence-electron chi connectivity index (χ1n) is 10.8. The maximum atomic E-state index is 12.1. The number of carboxylic acid groups (broad SMARTS) is 1. The molecule has 0 aliphatic carbocycles. The molecular formula is C25H21N5O5. The Kier molecular flexibility index (Phi) is 5.84. The van der Waals surface area contributed by atoms with Crippen molar-refractivity contribution in [2.75, 3.05) is 13.7 Å². The minimum atomic E-state index is -0.973. The fourth-order valence-electron chi connectivity index (χ4n) is 3.73. The van der Waals surface area contributed by atoms with E-state index in [9.17, 15) is 9.59 Å². The van der Waals surface area contributed by atoms with Crippen LogP contribution >= 0.6 is 0 Å². The van der Waals surface area contributed by atoms with E-state index < -0.39 is 5.97 Å². The van der Waals surface area contributed by atoms with Crippen LogP contribution in [-0.2, 0) is 13.2 Å². The molecule has 0 spiro atoms. The zero-order valence-electron chi connectivity index (χ0n) is 18.8. The lowest BCUT2D eigenvalue weighted by Crippen LogP contribution is -2.35. The van der Waals surface area contributed by atoms with Crippen molar-refractivity contribution >= 4 is 11.9 Å². The number of rotatable bonds is 7. The Labute approximate surface area is 200 Å². The highest BCUT2D eigenvalue weighted by Crippen LogP contribution is 2.32. The van der Waals surface area contributed by atoms with E-state index in [4.69, 9.17) is 14.6 Å². The molecule has 176 valence electrons. The van der Waals surface area contributed by atoms with E-state index in [0.29, 0.717) is 47.5 Å². The average Bonchev–Trinajstić information content (AvgIpc) is 3.34. The predicted octanol–water partition coefficient (Wildman–Crippen LogP) is 3.04. The molecule has 2 N–H and O–H groups in total. The quantitative estimate of drug-likeness (QED) is 0.421. The van der Waals surface area contributed by atoms with Crippen LogP contribution in [0.25, 0.3) is 22.8 Å². The van der Waals surface area contributed by atoms with Crippen molar-refractivity contribution in [2.24, 2.45) is 0 Å². The Balaban J connectivity index is 1.36. The number of carbonyl (C=O) groups excluding carboxylic acids is 1. The third kappa shape index (κ3) is 4.54. The summed E-state index contributed by atoms with van der Waals surface area (Å²) in [5.74, 6) is 0.392. The summed E-state index contributed by atoms with van der Waals surface area (Å²) in [6, 6.07) is 15.4. The second kappa shape index (κ2) is 9.26. The van der Waals surface area contributed by atoms with Crippen molar-refractivity contribution in [3.8, 4) is 34.3 Å². The first-order chi connectivity index (χ1) is 17.0. The van der Waals surface area contributed by atoms with Gasteiger partial charge in [-0.25, -0.2) is 14.8 Å². The standard InChI is InChI=1S/C25H21N5O5/c1-34-22-12-17(6-7-21(22)35-14-15-2-4-16(5-3-15)25(32)33)23-26-9-8-18(28-23)19-13-20-24(31)27-10-11-30(20)29-19/h2-9,12-13H,10-11,14H2,1H3,(H,27,31)(H,32,33). The topological polar surface area (TPSA) is 128 Å². The molecule has 35 heavy (non-hydrogen) atoms. The van der Waals surface area contributed by atoms with Gasteiger partial charge in [0.05, 0.1) is 24.9 Å². The molecule has 3 heterocycles. The first kappa shape index (κ1) is 22.1. The Morgan fingerprint density at radius 2 is 1.91 bits per heavy atom. The number of ether oxygens (including phenoxy) is 2. The van der Waals surface area contributed by atoms with Gasteiger partial charge in [-0.05, 0) is 48.0 Å². The zero-order valence-corrected chi connectivity index (χ0v) is 18.8. The number of methoxy groups -OCH3 is 1. The number of nitrogens with zero attached hydrogens (tertiary/aromatic N) is 4. The molecule has 1 amide bonds. The van der Waals surface area contributed by atoms with Crippen LogP contribution < -0.4 is 14.8 Å². The van der Waals surface area contributed by atoms with Crippen LogP contribution in [0.15, 0.2) is 60.8 Å². The zero-order chi connectivity index (χ0) is 24.4. The van der Waals surface area contributed by atoms with Crippen molar-refractivity contribution in [3.05, 3.63) is 77.6 Å². The number of aromatic carboxylic acids is 1. The second-order valence-electron chi connectivity index (χ2n) is 7.82. The first-order valence-corrected chi connectivity index (χ1v) is 10.8. The van der Waals surface area contributed by atoms with E-state index in [0.717, 1.165) is 11.1 Å². The molecule has 0 atom stereocenters. The largest absolute Gasteiger partial charge is 0.493 e. The molecule has 0 unspecified atom stereocenters. The van der Waals surface area contributed by atoms with Crippen molar-refractivity contribution in [3.63, 3.8) is 0 Å². The van der Waals surface area contributed by atoms with Crippen molar-refractivity contribution in [1.29, 1.82) is 0 Å². The third-order valence-electron chi connectivity index (χ3n) is 5.56. The number of benzene rings is 2. The number of fused-ring (bicyclic) bond motifs is 1. The maximum Gasteiger partial charge on any atom is 0.335 e. The van der Waals surface area contributed by atoms with Crippen LogP contribution in [0.5, 0.6) is 11.5 Å². The van der Waals surface area contributed by atoms with Crippen LogP contribution in [0, 0.1) is 0 Å². The number of amides is 1. The molecule has 0 bridgehead atoms. The molecule has 0 radical (unpaired) electrons. The molecule has 5 rings (SSSR count). The molecular weight excluding hydrogens is 450 g/mol. The summed E-state index contributed by atoms with van der Waals surface area (Å²) in [5.41, 5.74) is 3.48. The van der Waals surface area contributed by atoms with Gasteiger partial charge in [-0.2, -0.15) is 5.10 Å². The molecule has 1 aliphatic rings. The van der Waals surface area contributed by atoms with Gasteiger partial charge in [-0.1, -0.05) is 12.1 Å². The van der Waals surface area contributed by atoms with Gasteiger partial charge in [0.15, 0.2) is 17.3 Å². The minimum Gasteiger partial charge on any atom is -0.493 e. The summed E-state index contributed by atoms with van der Waals surface area (Å²) in [7, 11) is 1.55. The molecule has 2 aromatic carbocycles. The third-order valence-corrected chi connectivity index (χ3v) is 5.56. The van der Waals surface area contributed by atoms with Gasteiger partial charge in [-0.3, -0.25) is 9.48 Å². The summed E-state index contributed by atoms with van der Waals surface area (Å²) in [6.45, 7) is 1.41. The normalized spacial score (nSPS) is 12.5. The monoisotopic (exact) mass is 471 g/mol. The van der Waals surface area contributed by atoms with Gasteiger partial charge in [0.1, 0.15) is 18.0 Å². The number of carboxylic acids is 1. The summed E-state index contributed by atoms with van der Waals surface area (Å²) >= 11 is 0. The van der Waals surface area contributed by atoms with E-state index >= 15 is 0 Å². The highest BCUT2D eigenvalue weighted by Gasteiger charge is 2.20. The number of nitrogens with one attached hydrogen (secondary N) is 1. The van der Waals surface area contributed by atoms with Crippen LogP contribution in [0.3, 0.4) is 0 Å². The molecule has 10 heteroatoms. The molecule has 10 nitrogen and oxygen atoms in total. The van der Waals surface area contributed by atoms with Gasteiger partial charge in [0.2, 0.25) is 0 Å². The van der Waals surface area contributed by atoms with Crippen molar-refractivity contribution in [1.82, 2.24) is 25.1 Å². The maximum absolute atomic E-state index is 12.1. The summed E-state index contributed by atoms with van der Waals surface area (Å²) < 4.78 is 13.1. The van der Waals surface area contributed by atoms with Crippen molar-refractivity contribution in [2.45, 2.75) is 13.2 Å². The predicted molar refractivity (Wildman–Crippen MR) is 125 cm³/mol. The van der Waals surface area contributed by atoms with E-state index in [1.54, 1.807) is 54.4 Å². The van der Waals surface area contributed by atoms with E-state index in [1.165, 1.54) is 12.1 Å². The Hall–Kier alpha value is -4.73.